The van der Waals surface area contributed by atoms with Crippen molar-refractivity contribution < 1.29 is 8.42 Å². The van der Waals surface area contributed by atoms with E-state index in [1.54, 1.807) is 12.1 Å². The maximum Gasteiger partial charge on any atom is 0.246 e. The maximum atomic E-state index is 12.5. The van der Waals surface area contributed by atoms with Crippen molar-refractivity contribution in [1.29, 1.82) is 0 Å². The highest BCUT2D eigenvalue weighted by Crippen LogP contribution is 2.31. The van der Waals surface area contributed by atoms with Gasteiger partial charge in [0.15, 0.2) is 0 Å². The molecule has 1 heterocycles. The highest BCUT2D eigenvalue weighted by molar-refractivity contribution is 7.89. The molecule has 0 aromatic heterocycles. The molecule has 0 saturated heterocycles. The van der Waals surface area contributed by atoms with Gasteiger partial charge in [-0.05, 0) is 25.5 Å². The number of halogens is 1. The minimum absolute atomic E-state index is 0.0152. The van der Waals surface area contributed by atoms with Crippen LogP contribution < -0.4 is 5.73 Å². The minimum Gasteiger partial charge on any atom is -0.398 e. The number of nitrogen functional groups attached to an aromatic ring is 1. The minimum atomic E-state index is -3.62. The molecule has 0 unspecified atom stereocenters. The lowest BCUT2D eigenvalue weighted by atomic mass is 10.2. The van der Waals surface area contributed by atoms with Crippen LogP contribution in [0.5, 0.6) is 0 Å². The Morgan fingerprint density at radius 2 is 2.11 bits per heavy atom. The molecule has 1 aromatic carbocycles. The van der Waals surface area contributed by atoms with Crippen LogP contribution in [-0.4, -0.2) is 25.8 Å². The van der Waals surface area contributed by atoms with Crippen molar-refractivity contribution in [3.63, 3.8) is 0 Å². The summed E-state index contributed by atoms with van der Waals surface area (Å²) in [5, 5.41) is 0.169. The van der Waals surface area contributed by atoms with Crippen LogP contribution in [0, 0.1) is 0 Å². The molecule has 98 valence electrons. The molecule has 6 heteroatoms. The fraction of sp³-hybridized carbons (Fsp3) is 0.333. The third-order valence-corrected chi connectivity index (χ3v) is 5.28. The van der Waals surface area contributed by atoms with Gasteiger partial charge in [-0.2, -0.15) is 4.31 Å². The van der Waals surface area contributed by atoms with Gasteiger partial charge in [0.05, 0.1) is 10.7 Å². The lowest BCUT2D eigenvalue weighted by Crippen LogP contribution is -2.35. The molecule has 0 amide bonds. The average molecular weight is 287 g/mol. The summed E-state index contributed by atoms with van der Waals surface area (Å²) < 4.78 is 26.4. The van der Waals surface area contributed by atoms with Crippen molar-refractivity contribution in [1.82, 2.24) is 4.31 Å². The lowest BCUT2D eigenvalue weighted by molar-refractivity contribution is 0.428. The quantitative estimate of drug-likeness (QED) is 0.670. The Morgan fingerprint density at radius 1 is 1.39 bits per heavy atom. The second-order valence-corrected chi connectivity index (χ2v) is 6.62. The Bertz CT molecular complexity index is 576. The Hall–Kier alpha value is -1.04. The number of anilines is 1. The zero-order chi connectivity index (χ0) is 13.3. The van der Waals surface area contributed by atoms with Gasteiger partial charge in [-0.3, -0.25) is 0 Å². The van der Waals surface area contributed by atoms with Crippen molar-refractivity contribution in [2.75, 3.05) is 18.8 Å². The smallest absolute Gasteiger partial charge is 0.246 e. The van der Waals surface area contributed by atoms with Crippen LogP contribution in [0.25, 0.3) is 0 Å². The lowest BCUT2D eigenvalue weighted by Gasteiger charge is -2.26. The first-order chi connectivity index (χ1) is 8.43. The van der Waals surface area contributed by atoms with Crippen molar-refractivity contribution in [3.8, 4) is 0 Å². The monoisotopic (exact) mass is 286 g/mol. The summed E-state index contributed by atoms with van der Waals surface area (Å²) in [4.78, 5) is 0.0152. The van der Waals surface area contributed by atoms with E-state index in [2.05, 4.69) is 0 Å². The second kappa shape index (κ2) is 4.91. The van der Waals surface area contributed by atoms with E-state index in [0.717, 1.165) is 12.0 Å². The first kappa shape index (κ1) is 13.4. The van der Waals surface area contributed by atoms with E-state index in [4.69, 9.17) is 17.3 Å². The van der Waals surface area contributed by atoms with E-state index in [9.17, 15) is 8.42 Å². The molecule has 1 aromatic rings. The number of nitrogens with zero attached hydrogens (tertiary/aromatic N) is 1. The molecular weight excluding hydrogens is 272 g/mol. The van der Waals surface area contributed by atoms with Gasteiger partial charge in [-0.25, -0.2) is 8.42 Å². The summed E-state index contributed by atoms with van der Waals surface area (Å²) in [6, 6.07) is 4.72. The first-order valence-corrected chi connectivity index (χ1v) is 7.44. The predicted molar refractivity (Wildman–Crippen MR) is 73.0 cm³/mol. The van der Waals surface area contributed by atoms with Gasteiger partial charge in [-0.15, -0.1) is 0 Å². The Balaban J connectivity index is 2.46. The number of hydrogen-bond donors (Lipinski definition) is 1. The molecule has 18 heavy (non-hydrogen) atoms. The Kier molecular flexibility index (Phi) is 3.66. The average Bonchev–Trinajstić information content (AvgIpc) is 2.28. The molecule has 2 N–H and O–H groups in total. The van der Waals surface area contributed by atoms with Crippen LogP contribution in [0.3, 0.4) is 0 Å². The fourth-order valence-electron chi connectivity index (χ4n) is 2.01. The SMILES string of the molecule is CC1=CCCN(S(=O)(=O)c2c(N)cccc2Cl)C1. The molecule has 2 rings (SSSR count). The van der Waals surface area contributed by atoms with Gasteiger partial charge >= 0.3 is 0 Å². The van der Waals surface area contributed by atoms with E-state index in [1.807, 2.05) is 13.0 Å². The standard InChI is InChI=1S/C12H15ClN2O2S/c1-9-4-3-7-15(8-9)18(16,17)12-10(13)5-2-6-11(12)14/h2,4-6H,3,7-8,14H2,1H3. The van der Waals surface area contributed by atoms with Crippen LogP contribution in [-0.2, 0) is 10.0 Å². The topological polar surface area (TPSA) is 63.4 Å². The highest BCUT2D eigenvalue weighted by Gasteiger charge is 2.29. The molecule has 0 radical (unpaired) electrons. The molecule has 0 spiro atoms. The Morgan fingerprint density at radius 3 is 2.72 bits per heavy atom. The molecule has 0 fully saturated rings. The first-order valence-electron chi connectivity index (χ1n) is 5.62. The molecule has 1 aliphatic rings. The summed E-state index contributed by atoms with van der Waals surface area (Å²) >= 11 is 5.97. The molecule has 0 aliphatic carbocycles. The summed E-state index contributed by atoms with van der Waals surface area (Å²) in [5.74, 6) is 0. The number of sulfonamides is 1. The van der Waals surface area contributed by atoms with Crippen molar-refractivity contribution in [2.24, 2.45) is 0 Å². The van der Waals surface area contributed by atoms with Gasteiger partial charge in [0.1, 0.15) is 4.90 Å². The number of nitrogens with two attached hydrogens (primary N) is 1. The summed E-state index contributed by atoms with van der Waals surface area (Å²) in [5.41, 5.74) is 6.97. The Labute approximate surface area is 112 Å². The fourth-order valence-corrected chi connectivity index (χ4v) is 4.14. The van der Waals surface area contributed by atoms with Gasteiger partial charge in [0, 0.05) is 13.1 Å². The molecule has 1 aliphatic heterocycles. The van der Waals surface area contributed by atoms with Gasteiger partial charge < -0.3 is 5.73 Å². The van der Waals surface area contributed by atoms with E-state index in [0.29, 0.717) is 13.1 Å². The summed E-state index contributed by atoms with van der Waals surface area (Å²) in [7, 11) is -3.62. The van der Waals surface area contributed by atoms with Crippen LogP contribution in [0.4, 0.5) is 5.69 Å². The van der Waals surface area contributed by atoms with Crippen molar-refractivity contribution in [2.45, 2.75) is 18.2 Å². The largest absolute Gasteiger partial charge is 0.398 e. The normalized spacial score (nSPS) is 17.6. The number of hydrogen-bond acceptors (Lipinski definition) is 3. The molecular formula is C12H15ClN2O2S. The van der Waals surface area contributed by atoms with E-state index in [1.165, 1.54) is 10.4 Å². The summed E-state index contributed by atoms with van der Waals surface area (Å²) in [6.07, 6.45) is 2.76. The maximum absolute atomic E-state index is 12.5. The summed E-state index contributed by atoms with van der Waals surface area (Å²) in [6.45, 7) is 2.77. The highest BCUT2D eigenvalue weighted by atomic mass is 35.5. The van der Waals surface area contributed by atoms with E-state index < -0.39 is 10.0 Å². The predicted octanol–water partition coefficient (Wildman–Crippen LogP) is 2.26. The third kappa shape index (κ3) is 2.39. The van der Waals surface area contributed by atoms with Crippen LogP contribution >= 0.6 is 11.6 Å². The number of rotatable bonds is 2. The van der Waals surface area contributed by atoms with Crippen molar-refractivity contribution >= 4 is 27.3 Å². The van der Waals surface area contributed by atoms with Crippen LogP contribution in [0.1, 0.15) is 13.3 Å². The molecule has 4 nitrogen and oxygen atoms in total. The number of benzene rings is 1. The second-order valence-electron chi connectivity index (χ2n) is 4.34. The zero-order valence-electron chi connectivity index (χ0n) is 10.1. The van der Waals surface area contributed by atoms with E-state index in [-0.39, 0.29) is 15.6 Å². The van der Waals surface area contributed by atoms with Crippen LogP contribution in [0.2, 0.25) is 5.02 Å². The van der Waals surface area contributed by atoms with Gasteiger partial charge in [-0.1, -0.05) is 29.3 Å². The third-order valence-electron chi connectivity index (χ3n) is 2.89. The molecule has 0 saturated carbocycles. The van der Waals surface area contributed by atoms with E-state index >= 15 is 0 Å². The molecule has 0 atom stereocenters. The molecule has 0 bridgehead atoms. The van der Waals surface area contributed by atoms with Crippen molar-refractivity contribution in [3.05, 3.63) is 34.9 Å². The van der Waals surface area contributed by atoms with Crippen LogP contribution in [0.15, 0.2) is 34.7 Å². The van der Waals surface area contributed by atoms with Gasteiger partial charge in [0.2, 0.25) is 10.0 Å². The zero-order valence-corrected chi connectivity index (χ0v) is 11.6. The van der Waals surface area contributed by atoms with Gasteiger partial charge in [0.25, 0.3) is 0 Å².